The van der Waals surface area contributed by atoms with E-state index < -0.39 is 0 Å². The van der Waals surface area contributed by atoms with Crippen molar-refractivity contribution >= 4 is 29.1 Å². The fourth-order valence-electron chi connectivity index (χ4n) is 2.86. The standard InChI is InChI=1S/C14H16Cl2N4O/c1-18-8-9(7-17-18)11-4-3-5-20(11)14(21)12-6-10(15)13(16)19(12)2/h6-8,11H,3-5H2,1-2H3/t11-/m0/s1. The maximum absolute atomic E-state index is 12.8. The number of carbonyl (C=O) groups is 1. The van der Waals surface area contributed by atoms with Gasteiger partial charge in [0.05, 0.1) is 17.3 Å². The zero-order valence-corrected chi connectivity index (χ0v) is 13.4. The molecule has 0 unspecified atom stereocenters. The molecule has 7 heteroatoms. The van der Waals surface area contributed by atoms with Gasteiger partial charge >= 0.3 is 0 Å². The predicted molar refractivity (Wildman–Crippen MR) is 81.7 cm³/mol. The Morgan fingerprint density at radius 3 is 2.71 bits per heavy atom. The van der Waals surface area contributed by atoms with Gasteiger partial charge in [0.15, 0.2) is 0 Å². The Kier molecular flexibility index (Phi) is 3.71. The largest absolute Gasteiger partial charge is 0.330 e. The molecule has 0 aromatic carbocycles. The Balaban J connectivity index is 1.91. The molecule has 3 heterocycles. The lowest BCUT2D eigenvalue weighted by Crippen LogP contribution is -2.31. The van der Waals surface area contributed by atoms with E-state index in [0.29, 0.717) is 15.9 Å². The van der Waals surface area contributed by atoms with Crippen LogP contribution in [0, 0.1) is 0 Å². The van der Waals surface area contributed by atoms with Crippen molar-refractivity contribution in [3.05, 3.63) is 39.9 Å². The molecule has 1 amide bonds. The van der Waals surface area contributed by atoms with Crippen LogP contribution in [0.15, 0.2) is 18.5 Å². The SMILES string of the molecule is Cn1cc([C@@H]2CCCN2C(=O)c2cc(Cl)c(Cl)n2C)cn1. The van der Waals surface area contributed by atoms with Crippen LogP contribution in [0.2, 0.25) is 10.2 Å². The minimum Gasteiger partial charge on any atom is -0.330 e. The highest BCUT2D eigenvalue weighted by molar-refractivity contribution is 6.41. The summed E-state index contributed by atoms with van der Waals surface area (Å²) in [5, 5.41) is 4.98. The second kappa shape index (κ2) is 5.39. The van der Waals surface area contributed by atoms with Gasteiger partial charge in [-0.15, -0.1) is 0 Å². The number of likely N-dealkylation sites (tertiary alicyclic amines) is 1. The number of rotatable bonds is 2. The summed E-state index contributed by atoms with van der Waals surface area (Å²) in [7, 11) is 3.62. The second-order valence-corrected chi connectivity index (χ2v) is 6.10. The van der Waals surface area contributed by atoms with Crippen LogP contribution < -0.4 is 0 Å². The van der Waals surface area contributed by atoms with E-state index in [2.05, 4.69) is 5.10 Å². The zero-order chi connectivity index (χ0) is 15.1. The van der Waals surface area contributed by atoms with Gasteiger partial charge in [0, 0.05) is 32.4 Å². The Labute approximate surface area is 133 Å². The molecular weight excluding hydrogens is 311 g/mol. The number of hydrogen-bond donors (Lipinski definition) is 0. The molecule has 0 spiro atoms. The van der Waals surface area contributed by atoms with Gasteiger partial charge in [-0.25, -0.2) is 0 Å². The zero-order valence-electron chi connectivity index (χ0n) is 11.9. The highest BCUT2D eigenvalue weighted by Gasteiger charge is 2.33. The van der Waals surface area contributed by atoms with Crippen molar-refractivity contribution in [3.8, 4) is 0 Å². The van der Waals surface area contributed by atoms with Gasteiger partial charge in [-0.3, -0.25) is 9.48 Å². The first-order valence-electron chi connectivity index (χ1n) is 6.79. The molecule has 0 N–H and O–H groups in total. The number of aryl methyl sites for hydroxylation is 1. The van der Waals surface area contributed by atoms with Crippen LogP contribution >= 0.6 is 23.2 Å². The first kappa shape index (κ1) is 14.5. The number of amides is 1. The average molecular weight is 327 g/mol. The molecule has 1 fully saturated rings. The summed E-state index contributed by atoms with van der Waals surface area (Å²) in [6.07, 6.45) is 5.71. The molecular formula is C14H16Cl2N4O. The van der Waals surface area contributed by atoms with Crippen LogP contribution in [0.25, 0.3) is 0 Å². The maximum atomic E-state index is 12.8. The number of nitrogens with zero attached hydrogens (tertiary/aromatic N) is 4. The van der Waals surface area contributed by atoms with Crippen molar-refractivity contribution in [2.24, 2.45) is 14.1 Å². The van der Waals surface area contributed by atoms with Crippen LogP contribution in [0.5, 0.6) is 0 Å². The fraction of sp³-hybridized carbons (Fsp3) is 0.429. The summed E-state index contributed by atoms with van der Waals surface area (Å²) in [6.45, 7) is 0.735. The summed E-state index contributed by atoms with van der Waals surface area (Å²) >= 11 is 12.1. The van der Waals surface area contributed by atoms with Crippen LogP contribution in [-0.2, 0) is 14.1 Å². The third kappa shape index (κ3) is 2.45. The molecule has 0 aliphatic carbocycles. The van der Waals surface area contributed by atoms with Crippen molar-refractivity contribution in [1.29, 1.82) is 0 Å². The summed E-state index contributed by atoms with van der Waals surface area (Å²) in [5.41, 5.74) is 1.58. The summed E-state index contributed by atoms with van der Waals surface area (Å²) < 4.78 is 3.39. The fourth-order valence-corrected chi connectivity index (χ4v) is 3.24. The molecule has 1 atom stereocenters. The van der Waals surface area contributed by atoms with Crippen molar-refractivity contribution < 1.29 is 4.79 Å². The lowest BCUT2D eigenvalue weighted by molar-refractivity contribution is 0.0726. The number of halogens is 2. The van der Waals surface area contributed by atoms with Gasteiger partial charge in [0.2, 0.25) is 0 Å². The number of carbonyl (C=O) groups excluding carboxylic acids is 1. The summed E-state index contributed by atoms with van der Waals surface area (Å²) in [4.78, 5) is 14.7. The van der Waals surface area contributed by atoms with Crippen molar-refractivity contribution in [1.82, 2.24) is 19.2 Å². The van der Waals surface area contributed by atoms with E-state index in [1.165, 1.54) is 0 Å². The normalized spacial score (nSPS) is 18.5. The van der Waals surface area contributed by atoms with Crippen molar-refractivity contribution in [2.45, 2.75) is 18.9 Å². The molecule has 0 radical (unpaired) electrons. The summed E-state index contributed by atoms with van der Waals surface area (Å²) in [5.74, 6) is -0.0438. The Morgan fingerprint density at radius 2 is 2.14 bits per heavy atom. The second-order valence-electron chi connectivity index (χ2n) is 5.33. The van der Waals surface area contributed by atoms with E-state index in [0.717, 1.165) is 24.9 Å². The van der Waals surface area contributed by atoms with E-state index in [9.17, 15) is 4.79 Å². The lowest BCUT2D eigenvalue weighted by Gasteiger charge is -2.24. The molecule has 5 nitrogen and oxygen atoms in total. The van der Waals surface area contributed by atoms with Crippen LogP contribution in [0.1, 0.15) is 34.9 Å². The molecule has 2 aromatic rings. The minimum atomic E-state index is -0.0438. The molecule has 1 aliphatic heterocycles. The quantitative estimate of drug-likeness (QED) is 0.851. The highest BCUT2D eigenvalue weighted by Crippen LogP contribution is 2.34. The van der Waals surface area contributed by atoms with Crippen molar-refractivity contribution in [2.75, 3.05) is 6.54 Å². The predicted octanol–water partition coefficient (Wildman–Crippen LogP) is 3.04. The minimum absolute atomic E-state index is 0.0438. The van der Waals surface area contributed by atoms with Gasteiger partial charge in [0.1, 0.15) is 10.8 Å². The molecule has 21 heavy (non-hydrogen) atoms. The van der Waals surface area contributed by atoms with Gasteiger partial charge in [0.25, 0.3) is 5.91 Å². The van der Waals surface area contributed by atoms with Gasteiger partial charge < -0.3 is 9.47 Å². The molecule has 0 saturated carbocycles. The first-order chi connectivity index (χ1) is 9.99. The van der Waals surface area contributed by atoms with Crippen LogP contribution in [0.4, 0.5) is 0 Å². The van der Waals surface area contributed by atoms with Crippen LogP contribution in [0.3, 0.4) is 0 Å². The Morgan fingerprint density at radius 1 is 1.38 bits per heavy atom. The summed E-state index contributed by atoms with van der Waals surface area (Å²) in [6, 6.07) is 1.70. The van der Waals surface area contributed by atoms with Gasteiger partial charge in [-0.05, 0) is 18.9 Å². The van der Waals surface area contributed by atoms with Gasteiger partial charge in [-0.1, -0.05) is 23.2 Å². The molecule has 1 aliphatic rings. The van der Waals surface area contributed by atoms with E-state index >= 15 is 0 Å². The topological polar surface area (TPSA) is 43.1 Å². The average Bonchev–Trinajstić information content (AvgIpc) is 3.14. The van der Waals surface area contributed by atoms with Gasteiger partial charge in [-0.2, -0.15) is 5.10 Å². The Hall–Kier alpha value is -1.46. The third-order valence-electron chi connectivity index (χ3n) is 3.96. The van der Waals surface area contributed by atoms with E-state index in [1.54, 1.807) is 22.4 Å². The van der Waals surface area contributed by atoms with E-state index in [1.807, 2.05) is 24.3 Å². The Bertz CT molecular complexity index is 691. The lowest BCUT2D eigenvalue weighted by atomic mass is 10.1. The molecule has 3 rings (SSSR count). The smallest absolute Gasteiger partial charge is 0.271 e. The number of hydrogen-bond acceptors (Lipinski definition) is 2. The van der Waals surface area contributed by atoms with E-state index in [4.69, 9.17) is 23.2 Å². The molecule has 0 bridgehead atoms. The monoisotopic (exact) mass is 326 g/mol. The first-order valence-corrected chi connectivity index (χ1v) is 7.55. The van der Waals surface area contributed by atoms with Crippen molar-refractivity contribution in [3.63, 3.8) is 0 Å². The third-order valence-corrected chi connectivity index (χ3v) is 4.80. The number of aromatic nitrogens is 3. The molecule has 112 valence electrons. The molecule has 1 saturated heterocycles. The maximum Gasteiger partial charge on any atom is 0.271 e. The highest BCUT2D eigenvalue weighted by atomic mass is 35.5. The van der Waals surface area contributed by atoms with Crippen LogP contribution in [-0.4, -0.2) is 31.7 Å². The van der Waals surface area contributed by atoms with E-state index in [-0.39, 0.29) is 11.9 Å². The molecule has 2 aromatic heterocycles.